The fraction of sp³-hybridized carbons (Fsp3) is 0.364. The maximum atomic E-state index is 13.8. The Kier molecular flexibility index (Phi) is 7.26. The molecule has 0 bridgehead atoms. The Labute approximate surface area is 174 Å². The van der Waals surface area contributed by atoms with Crippen molar-refractivity contribution in [3.8, 4) is 0 Å². The van der Waals surface area contributed by atoms with Gasteiger partial charge in [-0.05, 0) is 44.4 Å². The Morgan fingerprint density at radius 3 is 2.30 bits per heavy atom. The van der Waals surface area contributed by atoms with E-state index in [1.165, 1.54) is 25.1 Å². The number of aromatic amines is 1. The smallest absolute Gasteiger partial charge is 0.329 e. The summed E-state index contributed by atoms with van der Waals surface area (Å²) in [4.78, 5) is 51.9. The van der Waals surface area contributed by atoms with Gasteiger partial charge in [-0.3, -0.25) is 14.4 Å². The first kappa shape index (κ1) is 23.0. The van der Waals surface area contributed by atoms with Crippen LogP contribution in [0, 0.1) is 25.6 Å². The van der Waals surface area contributed by atoms with Crippen LogP contribution >= 0.6 is 0 Å². The number of benzene rings is 1. The summed E-state index contributed by atoms with van der Waals surface area (Å²) < 4.78 is 18.9. The number of carbonyl (C=O) groups excluding carboxylic acids is 4. The van der Waals surface area contributed by atoms with Crippen LogP contribution in [0.1, 0.15) is 63.2 Å². The summed E-state index contributed by atoms with van der Waals surface area (Å²) in [5.74, 6) is -3.30. The molecule has 0 fully saturated rings. The second kappa shape index (κ2) is 9.47. The highest BCUT2D eigenvalue weighted by atomic mass is 19.1. The number of hydrogen-bond acceptors (Lipinski definition) is 5. The van der Waals surface area contributed by atoms with Crippen LogP contribution in [0.3, 0.4) is 0 Å². The zero-order chi connectivity index (χ0) is 22.6. The number of hydrogen-bond donors (Lipinski definition) is 2. The largest absolute Gasteiger partial charge is 0.456 e. The van der Waals surface area contributed by atoms with Gasteiger partial charge in [0, 0.05) is 11.3 Å². The number of amides is 1. The fourth-order valence-corrected chi connectivity index (χ4v) is 3.22. The molecule has 0 saturated heterocycles. The molecule has 0 saturated carbocycles. The Morgan fingerprint density at radius 1 is 1.13 bits per heavy atom. The molecule has 1 atom stereocenters. The number of H-pyrrole nitrogens is 1. The normalized spacial score (nSPS) is 11.8. The first-order valence-corrected chi connectivity index (χ1v) is 9.49. The van der Waals surface area contributed by atoms with Crippen molar-refractivity contribution in [3.05, 3.63) is 58.2 Å². The van der Waals surface area contributed by atoms with Gasteiger partial charge in [-0.25, -0.2) is 9.18 Å². The van der Waals surface area contributed by atoms with E-state index in [4.69, 9.17) is 4.74 Å². The van der Waals surface area contributed by atoms with E-state index in [9.17, 15) is 23.6 Å². The van der Waals surface area contributed by atoms with E-state index in [1.807, 2.05) is 0 Å². The molecule has 2 aromatic rings. The number of aryl methyl sites for hydroxylation is 1. The molecule has 1 aromatic heterocycles. The molecule has 30 heavy (non-hydrogen) atoms. The van der Waals surface area contributed by atoms with Crippen LogP contribution in [-0.4, -0.2) is 41.1 Å². The number of halogens is 1. The maximum Gasteiger partial charge on any atom is 0.329 e. The number of rotatable bonds is 8. The second-order valence-corrected chi connectivity index (χ2v) is 7.39. The summed E-state index contributed by atoms with van der Waals surface area (Å²) in [6.45, 7) is 7.54. The lowest BCUT2D eigenvalue weighted by atomic mass is 10.0. The van der Waals surface area contributed by atoms with E-state index in [0.717, 1.165) is 6.07 Å². The molecular formula is C22H25FN2O5. The summed E-state index contributed by atoms with van der Waals surface area (Å²) in [5.41, 5.74) is 1.49. The molecule has 0 spiro atoms. The lowest BCUT2D eigenvalue weighted by Crippen LogP contribution is -2.46. The molecule has 1 heterocycles. The van der Waals surface area contributed by atoms with Gasteiger partial charge < -0.3 is 15.0 Å². The topological polar surface area (TPSA) is 105 Å². The Balaban J connectivity index is 2.08. The number of aromatic nitrogens is 1. The van der Waals surface area contributed by atoms with E-state index >= 15 is 0 Å². The van der Waals surface area contributed by atoms with Crippen LogP contribution in [0.5, 0.6) is 0 Å². The molecule has 160 valence electrons. The van der Waals surface area contributed by atoms with Crippen LogP contribution < -0.4 is 5.32 Å². The molecule has 8 heteroatoms. The Hall–Kier alpha value is -3.29. The number of esters is 1. The van der Waals surface area contributed by atoms with Crippen LogP contribution in [0.25, 0.3) is 0 Å². The molecule has 2 rings (SSSR count). The summed E-state index contributed by atoms with van der Waals surface area (Å²) in [5, 5.41) is 2.46. The third-order valence-electron chi connectivity index (χ3n) is 4.74. The van der Waals surface area contributed by atoms with Gasteiger partial charge >= 0.3 is 5.97 Å². The van der Waals surface area contributed by atoms with Crippen molar-refractivity contribution in [2.75, 3.05) is 6.61 Å². The SMILES string of the molecule is CC(=O)c1c(C)[nH]c(C(=O)COC(=O)[C@@H](NC(=O)c2ccccc2F)C(C)C)c1C. The summed E-state index contributed by atoms with van der Waals surface area (Å²) >= 11 is 0. The molecule has 0 unspecified atom stereocenters. The molecule has 0 radical (unpaired) electrons. The molecule has 0 aliphatic rings. The van der Waals surface area contributed by atoms with Gasteiger partial charge in [-0.15, -0.1) is 0 Å². The zero-order valence-corrected chi connectivity index (χ0v) is 17.6. The monoisotopic (exact) mass is 416 g/mol. The van der Waals surface area contributed by atoms with Crippen LogP contribution in [0.4, 0.5) is 4.39 Å². The second-order valence-electron chi connectivity index (χ2n) is 7.39. The minimum atomic E-state index is -1.07. The van der Waals surface area contributed by atoms with Crippen molar-refractivity contribution < 1.29 is 28.3 Å². The Morgan fingerprint density at radius 2 is 1.77 bits per heavy atom. The standard InChI is InChI=1S/C22H25FN2O5/c1-11(2)19(25-21(28)15-8-6-7-9-16(15)23)22(29)30-10-17(27)20-12(3)18(14(5)26)13(4)24-20/h6-9,11,19,24H,10H2,1-5H3,(H,25,28)/t19-/m0/s1. The molecule has 7 nitrogen and oxygen atoms in total. The quantitative estimate of drug-likeness (QED) is 0.508. The molecule has 0 aliphatic heterocycles. The average Bonchev–Trinajstić information content (AvgIpc) is 2.98. The lowest BCUT2D eigenvalue weighted by Gasteiger charge is -2.20. The van der Waals surface area contributed by atoms with Crippen molar-refractivity contribution in [1.82, 2.24) is 10.3 Å². The summed E-state index contributed by atoms with van der Waals surface area (Å²) in [7, 11) is 0. The minimum Gasteiger partial charge on any atom is -0.456 e. The van der Waals surface area contributed by atoms with Crippen LogP contribution in [0.15, 0.2) is 24.3 Å². The highest BCUT2D eigenvalue weighted by Gasteiger charge is 2.28. The minimum absolute atomic E-state index is 0.173. The van der Waals surface area contributed by atoms with Gasteiger partial charge in [0.05, 0.1) is 11.3 Å². The van der Waals surface area contributed by atoms with Crippen LogP contribution in [-0.2, 0) is 9.53 Å². The molecule has 1 amide bonds. The van der Waals surface area contributed by atoms with Gasteiger partial charge in [0.15, 0.2) is 12.4 Å². The number of carbonyl (C=O) groups is 4. The third kappa shape index (κ3) is 5.00. The first-order valence-electron chi connectivity index (χ1n) is 9.49. The van der Waals surface area contributed by atoms with Crippen molar-refractivity contribution >= 4 is 23.4 Å². The van der Waals surface area contributed by atoms with Gasteiger partial charge in [0.1, 0.15) is 11.9 Å². The fourth-order valence-electron chi connectivity index (χ4n) is 3.22. The molecule has 0 aliphatic carbocycles. The predicted octanol–water partition coefficient (Wildman–Crippen LogP) is 3.15. The number of ether oxygens (including phenoxy) is 1. The first-order chi connectivity index (χ1) is 14.0. The predicted molar refractivity (Wildman–Crippen MR) is 108 cm³/mol. The number of ketones is 2. The molecule has 1 aromatic carbocycles. The van der Waals surface area contributed by atoms with Crippen molar-refractivity contribution in [3.63, 3.8) is 0 Å². The van der Waals surface area contributed by atoms with E-state index in [1.54, 1.807) is 27.7 Å². The average molecular weight is 416 g/mol. The van der Waals surface area contributed by atoms with Gasteiger partial charge in [0.2, 0.25) is 5.78 Å². The molecule has 2 N–H and O–H groups in total. The van der Waals surface area contributed by atoms with E-state index in [0.29, 0.717) is 16.8 Å². The van der Waals surface area contributed by atoms with Gasteiger partial charge in [-0.2, -0.15) is 0 Å². The highest BCUT2D eigenvalue weighted by Crippen LogP contribution is 2.19. The van der Waals surface area contributed by atoms with Gasteiger partial charge in [0.25, 0.3) is 5.91 Å². The summed E-state index contributed by atoms with van der Waals surface area (Å²) in [6.07, 6.45) is 0. The van der Waals surface area contributed by atoms with Crippen molar-refractivity contribution in [2.24, 2.45) is 5.92 Å². The molecular weight excluding hydrogens is 391 g/mol. The summed E-state index contributed by atoms with van der Waals surface area (Å²) in [6, 6.07) is 4.35. The maximum absolute atomic E-state index is 13.8. The third-order valence-corrected chi connectivity index (χ3v) is 4.74. The number of Topliss-reactive ketones (excluding diaryl/α,β-unsaturated/α-hetero) is 2. The van der Waals surface area contributed by atoms with Crippen molar-refractivity contribution in [2.45, 2.75) is 40.7 Å². The van der Waals surface area contributed by atoms with E-state index < -0.39 is 36.1 Å². The highest BCUT2D eigenvalue weighted by molar-refractivity contribution is 6.04. The number of nitrogens with one attached hydrogen (secondary N) is 2. The van der Waals surface area contributed by atoms with E-state index in [2.05, 4.69) is 10.3 Å². The van der Waals surface area contributed by atoms with Gasteiger partial charge in [-0.1, -0.05) is 26.0 Å². The Bertz CT molecular complexity index is 993. The lowest BCUT2D eigenvalue weighted by molar-refractivity contribution is -0.145. The van der Waals surface area contributed by atoms with Crippen LogP contribution in [0.2, 0.25) is 0 Å². The zero-order valence-electron chi connectivity index (χ0n) is 17.6. The van der Waals surface area contributed by atoms with E-state index in [-0.39, 0.29) is 23.0 Å². The van der Waals surface area contributed by atoms with Crippen molar-refractivity contribution in [1.29, 1.82) is 0 Å².